The van der Waals surface area contributed by atoms with Crippen LogP contribution in [-0.4, -0.2) is 97.9 Å². The van der Waals surface area contributed by atoms with E-state index in [1.54, 1.807) is 6.26 Å². The molecule has 0 saturated carbocycles. The molecule has 4 aromatic carbocycles. The van der Waals surface area contributed by atoms with E-state index < -0.39 is 78.5 Å². The number of hydrogen-bond acceptors (Lipinski definition) is 14. The molecule has 2 aliphatic heterocycles. The maximum absolute atomic E-state index is 12.8. The number of rotatable bonds is 20. The molecular weight excluding hydrogens is 805 g/mol. The zero-order valence-corrected chi connectivity index (χ0v) is 35.6. The topological polar surface area (TPSA) is 144 Å². The van der Waals surface area contributed by atoms with Crippen LogP contribution in [0.4, 0.5) is 0 Å². The largest absolute Gasteiger partial charge is 0.463 e. The number of hydrogen-bond donors (Lipinski definition) is 0. The minimum atomic E-state index is -1.26. The van der Waals surface area contributed by atoms with Crippen LogP contribution in [0.15, 0.2) is 121 Å². The van der Waals surface area contributed by atoms with Crippen LogP contribution in [0.2, 0.25) is 0 Å². The lowest BCUT2D eigenvalue weighted by Crippen LogP contribution is -2.66. The van der Waals surface area contributed by atoms with Crippen LogP contribution in [0.3, 0.4) is 0 Å². The first-order valence-electron chi connectivity index (χ1n) is 20.2. The van der Waals surface area contributed by atoms with Crippen LogP contribution in [0, 0.1) is 0 Å². The third-order valence-electron chi connectivity index (χ3n) is 10.0. The molecule has 61 heavy (non-hydrogen) atoms. The molecule has 2 heterocycles. The van der Waals surface area contributed by atoms with Crippen molar-refractivity contribution in [2.24, 2.45) is 0 Å². The van der Waals surface area contributed by atoms with Crippen molar-refractivity contribution in [3.8, 4) is 0 Å². The van der Waals surface area contributed by atoms with Crippen molar-refractivity contribution in [3.05, 3.63) is 144 Å². The molecule has 0 N–H and O–H groups in total. The molecule has 0 aromatic heterocycles. The van der Waals surface area contributed by atoms with E-state index in [0.717, 1.165) is 22.3 Å². The van der Waals surface area contributed by atoms with Crippen molar-refractivity contribution in [2.75, 3.05) is 19.5 Å². The van der Waals surface area contributed by atoms with E-state index in [2.05, 4.69) is 0 Å². The summed E-state index contributed by atoms with van der Waals surface area (Å²) in [6.07, 6.45) is -7.46. The fourth-order valence-electron chi connectivity index (χ4n) is 7.22. The van der Waals surface area contributed by atoms with Gasteiger partial charge in [0.1, 0.15) is 48.7 Å². The molecule has 0 spiro atoms. The summed E-state index contributed by atoms with van der Waals surface area (Å²) in [5.74, 6) is -1.84. The maximum Gasteiger partial charge on any atom is 0.303 e. The molecule has 4 aromatic rings. The summed E-state index contributed by atoms with van der Waals surface area (Å²) in [4.78, 5) is 37.5. The SMILES string of the molecule is CSC1OC(COC(C)=O)C(OC(C)=O)C(OC2OC(COCc3ccccc3)C(OCc3ccccc3)C(OCc3ccccc3)C2OCc2ccccc2)C1OC(C)=O. The first kappa shape index (κ1) is 45.9. The van der Waals surface area contributed by atoms with Crippen molar-refractivity contribution in [1.82, 2.24) is 0 Å². The Labute approximate surface area is 361 Å². The van der Waals surface area contributed by atoms with Gasteiger partial charge in [0.2, 0.25) is 0 Å². The van der Waals surface area contributed by atoms with Gasteiger partial charge in [0.05, 0.1) is 33.0 Å². The Hall–Kier alpha value is -4.64. The highest BCUT2D eigenvalue weighted by Gasteiger charge is 2.55. The molecule has 2 saturated heterocycles. The Morgan fingerprint density at radius 3 is 1.41 bits per heavy atom. The van der Waals surface area contributed by atoms with E-state index in [0.29, 0.717) is 0 Å². The average molecular weight is 859 g/mol. The Morgan fingerprint density at radius 2 is 0.934 bits per heavy atom. The summed E-state index contributed by atoms with van der Waals surface area (Å²) in [5, 5.41) is 0. The first-order chi connectivity index (χ1) is 29.7. The summed E-state index contributed by atoms with van der Waals surface area (Å²) in [6.45, 7) is 4.40. The van der Waals surface area contributed by atoms with Gasteiger partial charge >= 0.3 is 17.9 Å². The fraction of sp³-hybridized carbons (Fsp3) is 0.426. The van der Waals surface area contributed by atoms with Gasteiger partial charge in [-0.05, 0) is 28.5 Å². The molecule has 0 amide bonds. The summed E-state index contributed by atoms with van der Waals surface area (Å²) in [7, 11) is 0. The molecule has 10 unspecified atom stereocenters. The van der Waals surface area contributed by atoms with Crippen molar-refractivity contribution in [1.29, 1.82) is 0 Å². The smallest absolute Gasteiger partial charge is 0.303 e. The van der Waals surface area contributed by atoms with Crippen LogP contribution in [0.5, 0.6) is 0 Å². The molecule has 10 atom stereocenters. The highest BCUT2D eigenvalue weighted by Crippen LogP contribution is 2.38. The predicted octanol–water partition coefficient (Wildman–Crippen LogP) is 6.58. The van der Waals surface area contributed by atoms with E-state index in [9.17, 15) is 14.4 Å². The quantitative estimate of drug-likeness (QED) is 0.0697. The molecule has 326 valence electrons. The molecule has 0 bridgehead atoms. The van der Waals surface area contributed by atoms with E-state index in [-0.39, 0.29) is 39.6 Å². The van der Waals surface area contributed by atoms with Gasteiger partial charge in [-0.15, -0.1) is 11.8 Å². The molecule has 2 aliphatic rings. The fourth-order valence-corrected chi connectivity index (χ4v) is 7.95. The van der Waals surface area contributed by atoms with E-state index in [1.807, 2.05) is 121 Å². The summed E-state index contributed by atoms with van der Waals surface area (Å²) in [6, 6.07) is 38.9. The maximum atomic E-state index is 12.8. The Balaban J connectivity index is 1.42. The van der Waals surface area contributed by atoms with E-state index in [4.69, 9.17) is 47.4 Å². The number of ether oxygens (including phenoxy) is 10. The molecule has 0 radical (unpaired) electrons. The number of thioether (sulfide) groups is 1. The highest BCUT2D eigenvalue weighted by atomic mass is 32.2. The molecule has 0 aliphatic carbocycles. The summed E-state index contributed by atoms with van der Waals surface area (Å²) < 4.78 is 64.2. The second-order valence-corrected chi connectivity index (χ2v) is 15.6. The molecule has 14 heteroatoms. The normalized spacial score (nSPS) is 26.2. The number of benzene rings is 4. The lowest BCUT2D eigenvalue weighted by atomic mass is 9.96. The lowest BCUT2D eigenvalue weighted by molar-refractivity contribution is -0.355. The standard InChI is InChI=1S/C47H54O13S/c1-31(48)52-30-39-41(56-32(2)49)43(45(57-33(3)50)47(59-39)61-4)60-46-44(55-28-37-23-15-8-16-24-37)42(54-27-36-21-13-7-14-22-36)40(53-26-35-19-11-6-12-20-35)38(58-46)29-51-25-34-17-9-5-10-18-34/h5-24,38-47H,25-30H2,1-4H3. The van der Waals surface area contributed by atoms with Crippen LogP contribution in [0.1, 0.15) is 43.0 Å². The van der Waals surface area contributed by atoms with Gasteiger partial charge in [-0.1, -0.05) is 121 Å². The van der Waals surface area contributed by atoms with E-state index in [1.165, 1.54) is 32.5 Å². The van der Waals surface area contributed by atoms with Gasteiger partial charge in [-0.3, -0.25) is 14.4 Å². The van der Waals surface area contributed by atoms with Gasteiger partial charge in [0, 0.05) is 20.8 Å². The van der Waals surface area contributed by atoms with Crippen molar-refractivity contribution in [2.45, 2.75) is 108 Å². The van der Waals surface area contributed by atoms with Gasteiger partial charge in [0.25, 0.3) is 0 Å². The predicted molar refractivity (Wildman–Crippen MR) is 225 cm³/mol. The Morgan fingerprint density at radius 1 is 0.492 bits per heavy atom. The molecule has 6 rings (SSSR count). The summed E-state index contributed by atoms with van der Waals surface area (Å²) >= 11 is 1.25. The zero-order valence-electron chi connectivity index (χ0n) is 34.8. The molecular formula is C47H54O13S. The zero-order chi connectivity index (χ0) is 43.0. The van der Waals surface area contributed by atoms with Crippen molar-refractivity contribution >= 4 is 29.7 Å². The number of esters is 3. The van der Waals surface area contributed by atoms with Gasteiger partial charge in [-0.25, -0.2) is 0 Å². The van der Waals surface area contributed by atoms with Gasteiger partial charge < -0.3 is 47.4 Å². The van der Waals surface area contributed by atoms with Gasteiger partial charge in [0.15, 0.2) is 18.5 Å². The number of carbonyl (C=O) groups excluding carboxylic acids is 3. The van der Waals surface area contributed by atoms with Crippen LogP contribution in [0.25, 0.3) is 0 Å². The second kappa shape index (κ2) is 23.5. The van der Waals surface area contributed by atoms with Gasteiger partial charge in [-0.2, -0.15) is 0 Å². The van der Waals surface area contributed by atoms with Crippen molar-refractivity contribution in [3.63, 3.8) is 0 Å². The molecule has 13 nitrogen and oxygen atoms in total. The van der Waals surface area contributed by atoms with Crippen LogP contribution < -0.4 is 0 Å². The summed E-state index contributed by atoms with van der Waals surface area (Å²) in [5.41, 5.74) is 2.86. The third-order valence-corrected chi connectivity index (χ3v) is 10.9. The van der Waals surface area contributed by atoms with Crippen LogP contribution >= 0.6 is 11.8 Å². The van der Waals surface area contributed by atoms with Crippen molar-refractivity contribution < 1.29 is 61.8 Å². The first-order valence-corrected chi connectivity index (χ1v) is 21.5. The number of carbonyl (C=O) groups is 3. The lowest BCUT2D eigenvalue weighted by Gasteiger charge is -2.49. The monoisotopic (exact) mass is 858 g/mol. The molecule has 2 fully saturated rings. The average Bonchev–Trinajstić information content (AvgIpc) is 3.26. The minimum absolute atomic E-state index is 0.0574. The van der Waals surface area contributed by atoms with E-state index >= 15 is 0 Å². The Bertz CT molecular complexity index is 1920. The second-order valence-electron chi connectivity index (χ2n) is 14.7. The Kier molecular flexibility index (Phi) is 17.7. The highest BCUT2D eigenvalue weighted by molar-refractivity contribution is 7.99. The third kappa shape index (κ3) is 13.7. The minimum Gasteiger partial charge on any atom is -0.463 e. The van der Waals surface area contributed by atoms with Crippen LogP contribution in [-0.2, 0) is 88.2 Å².